The van der Waals surface area contributed by atoms with E-state index in [0.717, 1.165) is 24.0 Å². The summed E-state index contributed by atoms with van der Waals surface area (Å²) >= 11 is 0. The average molecular weight is 526 g/mol. The number of hydrogen-bond acceptors (Lipinski definition) is 5. The third-order valence-electron chi connectivity index (χ3n) is 6.64. The van der Waals surface area contributed by atoms with Gasteiger partial charge in [-0.1, -0.05) is 24.3 Å². The van der Waals surface area contributed by atoms with Gasteiger partial charge in [-0.25, -0.2) is 16.8 Å². The highest BCUT2D eigenvalue weighted by Gasteiger charge is 2.29. The highest BCUT2D eigenvalue weighted by molar-refractivity contribution is 7.89. The maximum Gasteiger partial charge on any atom is 0.255 e. The van der Waals surface area contributed by atoms with E-state index in [0.29, 0.717) is 37.3 Å². The van der Waals surface area contributed by atoms with Crippen LogP contribution in [0.1, 0.15) is 34.3 Å². The largest absolute Gasteiger partial charge is 0.322 e. The molecule has 1 amide bonds. The van der Waals surface area contributed by atoms with E-state index in [1.807, 2.05) is 6.07 Å². The van der Waals surface area contributed by atoms with E-state index in [4.69, 9.17) is 0 Å². The van der Waals surface area contributed by atoms with Crippen LogP contribution in [0, 0.1) is 0 Å². The molecule has 5 rings (SSSR count). The number of rotatable bonds is 6. The molecule has 2 aliphatic rings. The maximum absolute atomic E-state index is 13.0. The van der Waals surface area contributed by atoms with E-state index in [1.165, 1.54) is 32.9 Å². The van der Waals surface area contributed by atoms with Gasteiger partial charge >= 0.3 is 0 Å². The van der Waals surface area contributed by atoms with Crippen LogP contribution in [0.4, 0.5) is 5.69 Å². The van der Waals surface area contributed by atoms with E-state index in [9.17, 15) is 21.6 Å². The van der Waals surface area contributed by atoms with Crippen molar-refractivity contribution in [2.24, 2.45) is 0 Å². The molecule has 0 bridgehead atoms. The zero-order valence-corrected chi connectivity index (χ0v) is 21.3. The number of anilines is 1. The number of nitrogens with zero attached hydrogens (tertiary/aromatic N) is 2. The van der Waals surface area contributed by atoms with Gasteiger partial charge in [-0.15, -0.1) is 0 Å². The van der Waals surface area contributed by atoms with Crippen LogP contribution in [-0.4, -0.2) is 51.0 Å². The van der Waals surface area contributed by atoms with E-state index in [2.05, 4.69) is 5.32 Å². The van der Waals surface area contributed by atoms with E-state index < -0.39 is 20.0 Å². The molecule has 2 aliphatic heterocycles. The Morgan fingerprint density at radius 1 is 0.694 bits per heavy atom. The summed E-state index contributed by atoms with van der Waals surface area (Å²) in [6.45, 7) is 1.65. The fraction of sp³-hybridized carbons (Fsp3) is 0.269. The van der Waals surface area contributed by atoms with Crippen molar-refractivity contribution in [1.82, 2.24) is 8.61 Å². The molecular formula is C26H27N3O5S2. The highest BCUT2D eigenvalue weighted by Crippen LogP contribution is 2.27. The molecule has 8 nitrogen and oxygen atoms in total. The first kappa shape index (κ1) is 24.6. The number of carbonyl (C=O) groups is 1. The Morgan fingerprint density at radius 2 is 1.33 bits per heavy atom. The van der Waals surface area contributed by atoms with Crippen molar-refractivity contribution >= 4 is 31.6 Å². The van der Waals surface area contributed by atoms with Crippen LogP contribution < -0.4 is 5.32 Å². The first-order chi connectivity index (χ1) is 17.2. The fourth-order valence-electron chi connectivity index (χ4n) is 4.61. The lowest BCUT2D eigenvalue weighted by atomic mass is 10.0. The SMILES string of the molecule is O=C(Nc1ccc2c(c1)CN(S(=O)(=O)c1ccccc1)CC2)c1ccc(S(=O)(=O)N2CCCC2)cc1. The minimum absolute atomic E-state index is 0.175. The van der Waals surface area contributed by atoms with Gasteiger partial charge in [-0.3, -0.25) is 4.79 Å². The average Bonchev–Trinajstić information content (AvgIpc) is 3.45. The second kappa shape index (κ2) is 9.78. The molecule has 3 aromatic rings. The number of benzene rings is 3. The molecule has 2 heterocycles. The molecule has 1 fully saturated rings. The minimum atomic E-state index is -3.61. The summed E-state index contributed by atoms with van der Waals surface area (Å²) in [5.74, 6) is -0.371. The molecule has 0 aliphatic carbocycles. The monoisotopic (exact) mass is 525 g/mol. The highest BCUT2D eigenvalue weighted by atomic mass is 32.2. The van der Waals surface area contributed by atoms with Gasteiger partial charge in [0.25, 0.3) is 5.91 Å². The maximum atomic E-state index is 13.0. The topological polar surface area (TPSA) is 104 Å². The van der Waals surface area contributed by atoms with Gasteiger partial charge < -0.3 is 5.32 Å². The Labute approximate surface area is 211 Å². The summed E-state index contributed by atoms with van der Waals surface area (Å²) in [6.07, 6.45) is 2.30. The number of carbonyl (C=O) groups excluding carboxylic acids is 1. The first-order valence-corrected chi connectivity index (χ1v) is 14.7. The molecule has 0 unspecified atom stereocenters. The Morgan fingerprint density at radius 3 is 2.03 bits per heavy atom. The Balaban J connectivity index is 1.30. The Bertz CT molecular complexity index is 1480. The van der Waals surface area contributed by atoms with Crippen LogP contribution >= 0.6 is 0 Å². The molecule has 36 heavy (non-hydrogen) atoms. The summed E-state index contributed by atoms with van der Waals surface area (Å²) in [5, 5.41) is 2.84. The number of sulfonamides is 2. The van der Waals surface area contributed by atoms with Crippen molar-refractivity contribution in [2.45, 2.75) is 35.6 Å². The molecule has 0 spiro atoms. The van der Waals surface area contributed by atoms with Gasteiger partial charge in [0.2, 0.25) is 20.0 Å². The van der Waals surface area contributed by atoms with Crippen molar-refractivity contribution in [2.75, 3.05) is 25.0 Å². The molecule has 0 aromatic heterocycles. The van der Waals surface area contributed by atoms with Crippen LogP contribution in [0.3, 0.4) is 0 Å². The molecule has 0 atom stereocenters. The summed E-state index contributed by atoms with van der Waals surface area (Å²) in [4.78, 5) is 13.3. The second-order valence-corrected chi connectivity index (χ2v) is 12.9. The Hall–Kier alpha value is -3.05. The zero-order chi connectivity index (χ0) is 25.3. The molecule has 10 heteroatoms. The smallest absolute Gasteiger partial charge is 0.255 e. The summed E-state index contributed by atoms with van der Waals surface area (Å²) in [5.41, 5.74) is 2.77. The lowest BCUT2D eigenvalue weighted by molar-refractivity contribution is 0.102. The molecule has 3 aromatic carbocycles. The summed E-state index contributed by atoms with van der Waals surface area (Å²) < 4.78 is 54.4. The number of fused-ring (bicyclic) bond motifs is 1. The van der Waals surface area contributed by atoms with Crippen LogP contribution in [-0.2, 0) is 33.0 Å². The van der Waals surface area contributed by atoms with E-state index in [-0.39, 0.29) is 22.2 Å². The van der Waals surface area contributed by atoms with Crippen LogP contribution in [0.25, 0.3) is 0 Å². The van der Waals surface area contributed by atoms with Gasteiger partial charge in [-0.05, 0) is 78.9 Å². The number of hydrogen-bond donors (Lipinski definition) is 1. The first-order valence-electron chi connectivity index (χ1n) is 11.8. The normalized spacial score (nSPS) is 17.0. The predicted octanol–water partition coefficient (Wildman–Crippen LogP) is 3.47. The number of nitrogens with one attached hydrogen (secondary N) is 1. The lowest BCUT2D eigenvalue weighted by Crippen LogP contribution is -2.36. The predicted molar refractivity (Wildman–Crippen MR) is 137 cm³/mol. The summed E-state index contributed by atoms with van der Waals surface area (Å²) in [7, 11) is -7.15. The molecular weight excluding hydrogens is 498 g/mol. The van der Waals surface area contributed by atoms with Gasteiger partial charge in [0.15, 0.2) is 0 Å². The lowest BCUT2D eigenvalue weighted by Gasteiger charge is -2.28. The van der Waals surface area contributed by atoms with Crippen LogP contribution in [0.15, 0.2) is 82.6 Å². The molecule has 0 radical (unpaired) electrons. The molecule has 0 saturated carbocycles. The van der Waals surface area contributed by atoms with Crippen molar-refractivity contribution < 1.29 is 21.6 Å². The number of amides is 1. The molecule has 1 N–H and O–H groups in total. The third kappa shape index (κ3) is 4.81. The van der Waals surface area contributed by atoms with E-state index in [1.54, 1.807) is 42.5 Å². The molecule has 1 saturated heterocycles. The van der Waals surface area contributed by atoms with Crippen molar-refractivity contribution in [3.05, 3.63) is 89.5 Å². The van der Waals surface area contributed by atoms with Crippen molar-refractivity contribution in [1.29, 1.82) is 0 Å². The van der Waals surface area contributed by atoms with Crippen molar-refractivity contribution in [3.8, 4) is 0 Å². The van der Waals surface area contributed by atoms with Gasteiger partial charge in [-0.2, -0.15) is 8.61 Å². The van der Waals surface area contributed by atoms with Gasteiger partial charge in [0, 0.05) is 37.4 Å². The third-order valence-corrected chi connectivity index (χ3v) is 10.4. The quantitative estimate of drug-likeness (QED) is 0.531. The standard InChI is InChI=1S/C26H27N3O5S2/c30-26(21-9-12-25(13-10-21)35(31,32)28-15-4-5-16-28)27-23-11-8-20-14-17-29(19-22(20)18-23)36(33,34)24-6-2-1-3-7-24/h1-3,6-13,18H,4-5,14-17,19H2,(H,27,30). The Kier molecular flexibility index (Phi) is 6.69. The minimum Gasteiger partial charge on any atom is -0.322 e. The van der Waals surface area contributed by atoms with Crippen LogP contribution in [0.2, 0.25) is 0 Å². The van der Waals surface area contributed by atoms with Gasteiger partial charge in [0.05, 0.1) is 9.79 Å². The van der Waals surface area contributed by atoms with E-state index >= 15 is 0 Å². The van der Waals surface area contributed by atoms with Gasteiger partial charge in [0.1, 0.15) is 0 Å². The van der Waals surface area contributed by atoms with Crippen LogP contribution in [0.5, 0.6) is 0 Å². The zero-order valence-electron chi connectivity index (χ0n) is 19.6. The van der Waals surface area contributed by atoms with Crippen molar-refractivity contribution in [3.63, 3.8) is 0 Å². The second-order valence-electron chi connectivity index (χ2n) is 8.97. The fourth-order valence-corrected chi connectivity index (χ4v) is 7.57. The molecule has 188 valence electrons. The summed E-state index contributed by atoms with van der Waals surface area (Å²) in [6, 6.07) is 19.8.